The van der Waals surface area contributed by atoms with E-state index in [1.165, 1.54) is 6.26 Å². The highest BCUT2D eigenvalue weighted by atomic mass is 32.2. The van der Waals surface area contributed by atoms with Crippen molar-refractivity contribution in [3.05, 3.63) is 29.8 Å². The van der Waals surface area contributed by atoms with Gasteiger partial charge >= 0.3 is 0 Å². The molecule has 118 valence electrons. The van der Waals surface area contributed by atoms with E-state index in [1.54, 1.807) is 16.4 Å². The average Bonchev–Trinajstić information content (AvgIpc) is 2.90. The minimum atomic E-state index is -3.14. The van der Waals surface area contributed by atoms with Crippen molar-refractivity contribution >= 4 is 10.0 Å². The van der Waals surface area contributed by atoms with Crippen molar-refractivity contribution in [3.63, 3.8) is 0 Å². The lowest BCUT2D eigenvalue weighted by atomic mass is 10.0. The molecule has 2 N–H and O–H groups in total. The molecule has 1 saturated heterocycles. The molecule has 1 aromatic rings. The first kappa shape index (κ1) is 16.3. The van der Waals surface area contributed by atoms with Crippen LogP contribution in [0.4, 0.5) is 0 Å². The van der Waals surface area contributed by atoms with Gasteiger partial charge in [-0.2, -0.15) is 4.31 Å². The van der Waals surface area contributed by atoms with Crippen molar-refractivity contribution < 1.29 is 13.5 Å². The first-order chi connectivity index (χ1) is 9.93. The summed E-state index contributed by atoms with van der Waals surface area (Å²) in [4.78, 5) is 0. The van der Waals surface area contributed by atoms with E-state index in [4.69, 9.17) is 0 Å². The van der Waals surface area contributed by atoms with Crippen LogP contribution in [0.1, 0.15) is 37.8 Å². The van der Waals surface area contributed by atoms with Gasteiger partial charge in [0, 0.05) is 30.7 Å². The summed E-state index contributed by atoms with van der Waals surface area (Å²) < 4.78 is 25.1. The van der Waals surface area contributed by atoms with E-state index in [1.807, 2.05) is 19.1 Å². The second-order valence-electron chi connectivity index (χ2n) is 5.60. The Morgan fingerprint density at radius 1 is 1.43 bits per heavy atom. The summed E-state index contributed by atoms with van der Waals surface area (Å²) in [6.45, 7) is 3.27. The third kappa shape index (κ3) is 3.96. The molecule has 2 atom stereocenters. The van der Waals surface area contributed by atoms with Crippen molar-refractivity contribution in [1.29, 1.82) is 0 Å². The normalized spacial score (nSPS) is 21.5. The summed E-state index contributed by atoms with van der Waals surface area (Å²) in [6.07, 6.45) is 3.90. The number of hydrogen-bond donors (Lipinski definition) is 2. The first-order valence-corrected chi connectivity index (χ1v) is 9.26. The number of nitrogens with zero attached hydrogens (tertiary/aromatic N) is 1. The van der Waals surface area contributed by atoms with Crippen LogP contribution < -0.4 is 5.32 Å². The van der Waals surface area contributed by atoms with Crippen LogP contribution >= 0.6 is 0 Å². The average molecular weight is 312 g/mol. The van der Waals surface area contributed by atoms with E-state index in [-0.39, 0.29) is 17.8 Å². The number of hydrogen-bond acceptors (Lipinski definition) is 4. The molecule has 1 fully saturated rings. The molecular formula is C15H24N2O3S. The van der Waals surface area contributed by atoms with Gasteiger partial charge in [0.25, 0.3) is 0 Å². The number of benzene rings is 1. The summed E-state index contributed by atoms with van der Waals surface area (Å²) in [5.41, 5.74) is 0.865. The summed E-state index contributed by atoms with van der Waals surface area (Å²) in [5, 5.41) is 13.3. The minimum absolute atomic E-state index is 0.0138. The van der Waals surface area contributed by atoms with Gasteiger partial charge in [-0.25, -0.2) is 8.42 Å². The van der Waals surface area contributed by atoms with Gasteiger partial charge in [0.2, 0.25) is 10.0 Å². The van der Waals surface area contributed by atoms with E-state index in [9.17, 15) is 13.5 Å². The quantitative estimate of drug-likeness (QED) is 0.841. The smallest absolute Gasteiger partial charge is 0.211 e. The monoisotopic (exact) mass is 312 g/mol. The predicted molar refractivity (Wildman–Crippen MR) is 83.7 cm³/mol. The largest absolute Gasteiger partial charge is 0.508 e. The molecular weight excluding hydrogens is 288 g/mol. The van der Waals surface area contributed by atoms with Crippen molar-refractivity contribution in [3.8, 4) is 5.75 Å². The zero-order chi connectivity index (χ0) is 15.5. The van der Waals surface area contributed by atoms with Crippen molar-refractivity contribution in [2.45, 2.75) is 38.3 Å². The molecule has 0 radical (unpaired) electrons. The van der Waals surface area contributed by atoms with E-state index >= 15 is 0 Å². The predicted octanol–water partition coefficient (Wildman–Crippen LogP) is 1.86. The molecule has 2 rings (SSSR count). The lowest BCUT2D eigenvalue weighted by molar-refractivity contribution is 0.353. The van der Waals surface area contributed by atoms with Crippen molar-refractivity contribution in [2.75, 3.05) is 19.3 Å². The zero-order valence-electron chi connectivity index (χ0n) is 12.6. The molecule has 6 heteroatoms. The Hall–Kier alpha value is -1.11. The lowest BCUT2D eigenvalue weighted by Gasteiger charge is -2.25. The molecule has 0 bridgehead atoms. The molecule has 1 aliphatic heterocycles. The number of aromatic hydroxyl groups is 1. The number of para-hydroxylation sites is 1. The molecule has 0 aliphatic carbocycles. The van der Waals surface area contributed by atoms with Crippen LogP contribution in [0.5, 0.6) is 5.75 Å². The molecule has 0 saturated carbocycles. The van der Waals surface area contributed by atoms with Gasteiger partial charge in [-0.1, -0.05) is 25.1 Å². The number of sulfonamides is 1. The van der Waals surface area contributed by atoms with Crippen LogP contribution in [0.15, 0.2) is 24.3 Å². The molecule has 0 amide bonds. The number of phenols is 1. The Kier molecular flexibility index (Phi) is 5.24. The third-order valence-electron chi connectivity index (χ3n) is 4.07. The van der Waals surface area contributed by atoms with Crippen LogP contribution in [0, 0.1) is 0 Å². The molecule has 0 unspecified atom stereocenters. The van der Waals surface area contributed by atoms with Crippen LogP contribution in [-0.4, -0.2) is 43.2 Å². The summed E-state index contributed by atoms with van der Waals surface area (Å²) in [6, 6.07) is 7.33. The molecule has 5 nitrogen and oxygen atoms in total. The van der Waals surface area contributed by atoms with Gasteiger partial charge in [-0.05, 0) is 25.3 Å². The topological polar surface area (TPSA) is 69.6 Å². The Morgan fingerprint density at radius 3 is 2.76 bits per heavy atom. The van der Waals surface area contributed by atoms with Gasteiger partial charge in [-0.3, -0.25) is 0 Å². The first-order valence-electron chi connectivity index (χ1n) is 7.41. The fourth-order valence-corrected chi connectivity index (χ4v) is 4.17. The minimum Gasteiger partial charge on any atom is -0.508 e. The second-order valence-corrected chi connectivity index (χ2v) is 7.53. The molecule has 1 aliphatic rings. The maximum Gasteiger partial charge on any atom is 0.211 e. The Balaban J connectivity index is 2.02. The van der Waals surface area contributed by atoms with Crippen LogP contribution in [0.2, 0.25) is 0 Å². The lowest BCUT2D eigenvalue weighted by Crippen LogP contribution is -2.41. The van der Waals surface area contributed by atoms with Crippen molar-refractivity contribution in [1.82, 2.24) is 9.62 Å². The summed E-state index contributed by atoms with van der Waals surface area (Å²) in [7, 11) is -3.14. The summed E-state index contributed by atoms with van der Waals surface area (Å²) in [5.74, 6) is 0.281. The van der Waals surface area contributed by atoms with Crippen LogP contribution in [0.3, 0.4) is 0 Å². The van der Waals surface area contributed by atoms with Gasteiger partial charge < -0.3 is 10.4 Å². The SMILES string of the molecule is CC[C@@H](NC[C@H]1CCCN1S(C)(=O)=O)c1ccccc1O. The van der Waals surface area contributed by atoms with Gasteiger partial charge in [0.05, 0.1) is 6.26 Å². The van der Waals surface area contributed by atoms with Crippen LogP contribution in [-0.2, 0) is 10.0 Å². The number of rotatable bonds is 6. The Labute approximate surface area is 127 Å². The standard InChI is InChI=1S/C15H24N2O3S/c1-3-14(13-8-4-5-9-15(13)18)16-11-12-7-6-10-17(12)21(2,19)20/h4-5,8-9,12,14,16,18H,3,6-7,10-11H2,1-2H3/t12-,14-/m1/s1. The third-order valence-corrected chi connectivity index (χ3v) is 5.40. The van der Waals surface area contributed by atoms with Crippen LogP contribution in [0.25, 0.3) is 0 Å². The summed E-state index contributed by atoms with van der Waals surface area (Å²) >= 11 is 0. The Morgan fingerprint density at radius 2 is 2.14 bits per heavy atom. The highest BCUT2D eigenvalue weighted by Gasteiger charge is 2.31. The highest BCUT2D eigenvalue weighted by Crippen LogP contribution is 2.27. The second kappa shape index (κ2) is 6.77. The maximum atomic E-state index is 11.7. The fraction of sp³-hybridized carbons (Fsp3) is 0.600. The molecule has 21 heavy (non-hydrogen) atoms. The van der Waals surface area contributed by atoms with E-state index in [0.717, 1.165) is 24.8 Å². The van der Waals surface area contributed by atoms with E-state index in [0.29, 0.717) is 13.1 Å². The van der Waals surface area contributed by atoms with Gasteiger partial charge in [-0.15, -0.1) is 0 Å². The molecule has 1 aromatic carbocycles. The van der Waals surface area contributed by atoms with Gasteiger partial charge in [0.1, 0.15) is 5.75 Å². The molecule has 0 aromatic heterocycles. The number of nitrogens with one attached hydrogen (secondary N) is 1. The highest BCUT2D eigenvalue weighted by molar-refractivity contribution is 7.88. The van der Waals surface area contributed by atoms with E-state index < -0.39 is 10.0 Å². The molecule has 0 spiro atoms. The molecule has 1 heterocycles. The Bertz CT molecular complexity index is 574. The van der Waals surface area contributed by atoms with E-state index in [2.05, 4.69) is 5.32 Å². The zero-order valence-corrected chi connectivity index (χ0v) is 13.4. The van der Waals surface area contributed by atoms with Crippen molar-refractivity contribution in [2.24, 2.45) is 0 Å². The maximum absolute atomic E-state index is 11.7. The number of phenolic OH excluding ortho intramolecular Hbond substituents is 1. The fourth-order valence-electron chi connectivity index (χ4n) is 2.98. The van der Waals surface area contributed by atoms with Gasteiger partial charge in [0.15, 0.2) is 0 Å².